The Kier molecular flexibility index (Phi) is 10.7. The molecule has 3 aromatic carbocycles. The smallest absolute Gasteiger partial charge is 0.418 e. The minimum absolute atomic E-state index is 0.129. The summed E-state index contributed by atoms with van der Waals surface area (Å²) in [5.74, 6) is 0.243. The molecule has 2 saturated heterocycles. The number of anilines is 2. The zero-order valence-electron chi connectivity index (χ0n) is 34.4. The van der Waals surface area contributed by atoms with Crippen LogP contribution in [0.1, 0.15) is 80.2 Å². The number of alkyl halides is 3. The molecule has 3 aliphatic rings. The lowest BCUT2D eigenvalue weighted by atomic mass is 9.92. The van der Waals surface area contributed by atoms with Crippen molar-refractivity contribution in [3.05, 3.63) is 100 Å². The van der Waals surface area contributed by atoms with Crippen LogP contribution in [-0.2, 0) is 24.0 Å². The Bertz CT molecular complexity index is 2350. The summed E-state index contributed by atoms with van der Waals surface area (Å²) in [6.07, 6.45) is -3.95. The summed E-state index contributed by atoms with van der Waals surface area (Å²) in [4.78, 5) is 31.3. The number of nitrogens with zero attached hydrogens (tertiary/aromatic N) is 6. The number of methoxy groups -OCH3 is 2. The summed E-state index contributed by atoms with van der Waals surface area (Å²) < 4.78 is 95.2. The number of hydrogen-bond acceptors (Lipinski definition) is 9. The molecule has 5 aromatic rings. The van der Waals surface area contributed by atoms with Crippen LogP contribution in [0.4, 0.5) is 38.4 Å². The molecule has 0 N–H and O–H groups in total. The van der Waals surface area contributed by atoms with Crippen LogP contribution in [0.25, 0.3) is 22.2 Å². The minimum Gasteiger partial charge on any atom is -0.497 e. The maximum absolute atomic E-state index is 17.5. The van der Waals surface area contributed by atoms with Gasteiger partial charge in [0, 0.05) is 37.1 Å². The first-order valence-corrected chi connectivity index (χ1v) is 20.1. The average molecular weight is 831 g/mol. The molecule has 4 heterocycles. The molecule has 15 heteroatoms. The standard InChI is InChI=1S/C45H47F5N6O4/c1-25-19-35(54(21-26-7-15-31(58-5)16-8-26)22-27-9-17-32(59-6)18-10-27)51-40(37(25)45(48,49)50)36-33(28-11-12-28)20-34-39(38(36)46)52-42(47)53-41(34)55-23-29-13-14-30(24-55)56(29)43(57)60-44(2,3)4/h7-10,15-20,28-30H,11-14,21-24H2,1-6H3. The molecule has 0 spiro atoms. The van der Waals surface area contributed by atoms with Crippen LogP contribution in [0.3, 0.4) is 0 Å². The van der Waals surface area contributed by atoms with Gasteiger partial charge in [0.2, 0.25) is 0 Å². The Balaban J connectivity index is 1.25. The largest absolute Gasteiger partial charge is 0.497 e. The quantitative estimate of drug-likeness (QED) is 0.101. The maximum atomic E-state index is 17.5. The Labute approximate surface area is 345 Å². The van der Waals surface area contributed by atoms with E-state index < -0.39 is 46.5 Å². The lowest BCUT2D eigenvalue weighted by Gasteiger charge is -2.42. The first-order chi connectivity index (χ1) is 28.5. The molecule has 2 unspecified atom stereocenters. The number of hydrogen-bond donors (Lipinski definition) is 0. The molecule has 3 fully saturated rings. The van der Waals surface area contributed by atoms with Gasteiger partial charge in [-0.3, -0.25) is 4.90 Å². The Hall–Kier alpha value is -5.73. The van der Waals surface area contributed by atoms with E-state index in [1.54, 1.807) is 70.2 Å². The van der Waals surface area contributed by atoms with E-state index >= 15 is 22.0 Å². The molecule has 316 valence electrons. The fraction of sp³-hybridized carbons (Fsp3) is 0.422. The maximum Gasteiger partial charge on any atom is 0.418 e. The summed E-state index contributed by atoms with van der Waals surface area (Å²) in [6.45, 7) is 7.78. The number of pyridine rings is 1. The van der Waals surface area contributed by atoms with E-state index in [0.717, 1.165) is 11.1 Å². The van der Waals surface area contributed by atoms with Gasteiger partial charge in [0.1, 0.15) is 34.3 Å². The van der Waals surface area contributed by atoms with Crippen LogP contribution < -0.4 is 19.3 Å². The van der Waals surface area contributed by atoms with Gasteiger partial charge in [0.25, 0.3) is 0 Å². The summed E-state index contributed by atoms with van der Waals surface area (Å²) in [6, 6.07) is 17.1. The van der Waals surface area contributed by atoms with Crippen LogP contribution in [0.15, 0.2) is 60.7 Å². The number of carbonyl (C=O) groups excluding carboxylic acids is 1. The van der Waals surface area contributed by atoms with Crippen molar-refractivity contribution in [2.24, 2.45) is 0 Å². The number of halogens is 5. The molecule has 2 bridgehead atoms. The van der Waals surface area contributed by atoms with Crippen LogP contribution in [-0.4, -0.2) is 70.9 Å². The third kappa shape index (κ3) is 8.22. The van der Waals surface area contributed by atoms with Crippen molar-refractivity contribution in [1.29, 1.82) is 0 Å². The molecule has 2 aromatic heterocycles. The van der Waals surface area contributed by atoms with E-state index in [2.05, 4.69) is 9.97 Å². The van der Waals surface area contributed by atoms with Crippen molar-refractivity contribution in [2.45, 2.75) is 96.2 Å². The van der Waals surface area contributed by atoms with Crippen molar-refractivity contribution in [3.8, 4) is 22.8 Å². The van der Waals surface area contributed by atoms with Crippen LogP contribution >= 0.6 is 0 Å². The predicted octanol–water partition coefficient (Wildman–Crippen LogP) is 9.99. The van der Waals surface area contributed by atoms with Crippen LogP contribution in [0.5, 0.6) is 11.5 Å². The van der Waals surface area contributed by atoms with E-state index in [-0.39, 0.29) is 72.3 Å². The number of aryl methyl sites for hydroxylation is 1. The molecule has 60 heavy (non-hydrogen) atoms. The van der Waals surface area contributed by atoms with Crippen molar-refractivity contribution in [2.75, 3.05) is 37.1 Å². The monoisotopic (exact) mass is 830 g/mol. The second-order valence-corrected chi connectivity index (χ2v) is 16.9. The molecule has 1 amide bonds. The third-order valence-electron chi connectivity index (χ3n) is 11.4. The van der Waals surface area contributed by atoms with Gasteiger partial charge in [-0.25, -0.2) is 14.2 Å². The third-order valence-corrected chi connectivity index (χ3v) is 11.4. The minimum atomic E-state index is -4.92. The highest BCUT2D eigenvalue weighted by Gasteiger charge is 2.46. The van der Waals surface area contributed by atoms with Crippen molar-refractivity contribution in [1.82, 2.24) is 19.9 Å². The van der Waals surface area contributed by atoms with E-state index in [9.17, 15) is 4.79 Å². The van der Waals surface area contributed by atoms with E-state index in [1.165, 1.54) is 13.0 Å². The second-order valence-electron chi connectivity index (χ2n) is 16.9. The molecule has 8 rings (SSSR count). The first kappa shape index (κ1) is 41.0. The normalized spacial score (nSPS) is 17.9. The number of aromatic nitrogens is 3. The SMILES string of the molecule is COc1ccc(CN(Cc2ccc(OC)cc2)c2cc(C)c(C(F)(F)F)c(-c3c(C4CC4)cc4c(N5CC6CCC(C5)N6C(=O)OC(C)(C)C)nc(F)nc4c3F)n2)cc1. The van der Waals surface area contributed by atoms with Gasteiger partial charge in [-0.15, -0.1) is 0 Å². The molecule has 10 nitrogen and oxygen atoms in total. The molecular weight excluding hydrogens is 784 g/mol. The van der Waals surface area contributed by atoms with Gasteiger partial charge < -0.3 is 24.0 Å². The summed E-state index contributed by atoms with van der Waals surface area (Å²) >= 11 is 0. The highest BCUT2D eigenvalue weighted by Crippen LogP contribution is 2.51. The predicted molar refractivity (Wildman–Crippen MR) is 217 cm³/mol. The zero-order valence-corrected chi connectivity index (χ0v) is 34.4. The van der Waals surface area contributed by atoms with Crippen molar-refractivity contribution in [3.63, 3.8) is 0 Å². The van der Waals surface area contributed by atoms with Gasteiger partial charge in [-0.1, -0.05) is 24.3 Å². The lowest BCUT2D eigenvalue weighted by Crippen LogP contribution is -2.57. The molecule has 2 aliphatic heterocycles. The number of ether oxygens (including phenoxy) is 3. The zero-order chi connectivity index (χ0) is 42.7. The average Bonchev–Trinajstić information content (AvgIpc) is 4.00. The number of benzene rings is 3. The Morgan fingerprint density at radius 2 is 1.38 bits per heavy atom. The topological polar surface area (TPSA) is 93.2 Å². The number of rotatable bonds is 10. The van der Waals surface area contributed by atoms with E-state index in [1.807, 2.05) is 34.1 Å². The van der Waals surface area contributed by atoms with Crippen molar-refractivity contribution >= 4 is 28.6 Å². The summed E-state index contributed by atoms with van der Waals surface area (Å²) in [5, 5.41) is 0.187. The first-order valence-electron chi connectivity index (χ1n) is 20.1. The van der Waals surface area contributed by atoms with Gasteiger partial charge >= 0.3 is 18.3 Å². The van der Waals surface area contributed by atoms with Crippen LogP contribution in [0.2, 0.25) is 0 Å². The van der Waals surface area contributed by atoms with Crippen LogP contribution in [0, 0.1) is 18.8 Å². The molecular formula is C45H47F5N6O4. The molecule has 1 saturated carbocycles. The van der Waals surface area contributed by atoms with Gasteiger partial charge in [-0.05, 0) is 118 Å². The molecule has 0 radical (unpaired) electrons. The molecule has 1 aliphatic carbocycles. The van der Waals surface area contributed by atoms with Gasteiger partial charge in [0.05, 0.1) is 37.6 Å². The molecule has 2 atom stereocenters. The Morgan fingerprint density at radius 1 is 0.817 bits per heavy atom. The fourth-order valence-electron chi connectivity index (χ4n) is 8.57. The number of fused-ring (bicyclic) bond motifs is 3. The van der Waals surface area contributed by atoms with E-state index in [0.29, 0.717) is 42.7 Å². The summed E-state index contributed by atoms with van der Waals surface area (Å²) in [7, 11) is 3.12. The van der Waals surface area contributed by atoms with Crippen molar-refractivity contribution < 1.29 is 41.0 Å². The van der Waals surface area contributed by atoms with Gasteiger partial charge in [-0.2, -0.15) is 27.5 Å². The Morgan fingerprint density at radius 3 is 1.88 bits per heavy atom. The number of piperazine rings is 1. The van der Waals surface area contributed by atoms with Gasteiger partial charge in [0.15, 0.2) is 5.82 Å². The summed E-state index contributed by atoms with van der Waals surface area (Å²) in [5.41, 5.74) is -1.30. The lowest BCUT2D eigenvalue weighted by molar-refractivity contribution is -0.137. The fourth-order valence-corrected chi connectivity index (χ4v) is 8.57. The highest BCUT2D eigenvalue weighted by atomic mass is 19.4. The number of amides is 1. The van der Waals surface area contributed by atoms with E-state index in [4.69, 9.17) is 19.2 Å². The second kappa shape index (κ2) is 15.7. The highest BCUT2D eigenvalue weighted by molar-refractivity contribution is 5.95. The number of carbonyl (C=O) groups is 1.